The van der Waals surface area contributed by atoms with E-state index in [9.17, 15) is 4.79 Å². The van der Waals surface area contributed by atoms with E-state index in [2.05, 4.69) is 10.6 Å². The van der Waals surface area contributed by atoms with E-state index in [1.165, 1.54) is 0 Å². The van der Waals surface area contributed by atoms with E-state index in [-0.39, 0.29) is 11.9 Å². The molecular weight excluding hydrogens is 230 g/mol. The van der Waals surface area contributed by atoms with Gasteiger partial charge in [-0.3, -0.25) is 4.79 Å². The van der Waals surface area contributed by atoms with Crippen LogP contribution in [0, 0.1) is 0 Å². The normalized spacial score (nSPS) is 16.3. The van der Waals surface area contributed by atoms with E-state index in [0.29, 0.717) is 17.0 Å². The van der Waals surface area contributed by atoms with Crippen LogP contribution in [0.4, 0.5) is 5.69 Å². The molecule has 18 heavy (non-hydrogen) atoms. The minimum absolute atomic E-state index is 0.0693. The van der Waals surface area contributed by atoms with Crippen molar-refractivity contribution in [3.05, 3.63) is 23.8 Å². The first-order valence-corrected chi connectivity index (χ1v) is 6.16. The summed E-state index contributed by atoms with van der Waals surface area (Å²) in [7, 11) is 1.54. The summed E-state index contributed by atoms with van der Waals surface area (Å²) in [5.41, 5.74) is 6.84. The molecule has 0 aromatic heterocycles. The number of anilines is 1. The highest BCUT2D eigenvalue weighted by Gasteiger charge is 2.16. The number of rotatable bonds is 3. The quantitative estimate of drug-likeness (QED) is 0.691. The molecule has 1 aliphatic rings. The van der Waals surface area contributed by atoms with Crippen LogP contribution in [0.15, 0.2) is 18.2 Å². The number of nitrogens with one attached hydrogen (secondary N) is 2. The van der Waals surface area contributed by atoms with Crippen LogP contribution in [0.2, 0.25) is 0 Å². The van der Waals surface area contributed by atoms with Crippen molar-refractivity contribution in [3.63, 3.8) is 0 Å². The van der Waals surface area contributed by atoms with Gasteiger partial charge in [0.1, 0.15) is 5.75 Å². The lowest BCUT2D eigenvalue weighted by Gasteiger charge is -2.23. The lowest BCUT2D eigenvalue weighted by atomic mass is 10.1. The average molecular weight is 249 g/mol. The molecule has 0 aliphatic carbocycles. The van der Waals surface area contributed by atoms with Crippen LogP contribution in [-0.4, -0.2) is 32.1 Å². The van der Waals surface area contributed by atoms with E-state index in [4.69, 9.17) is 10.5 Å². The molecular formula is C13H19N3O2. The third-order valence-corrected chi connectivity index (χ3v) is 3.17. The van der Waals surface area contributed by atoms with E-state index in [1.807, 2.05) is 0 Å². The fraction of sp³-hybridized carbons (Fsp3) is 0.462. The Labute approximate surface area is 107 Å². The molecule has 0 spiro atoms. The van der Waals surface area contributed by atoms with Gasteiger partial charge in [-0.1, -0.05) is 0 Å². The third kappa shape index (κ3) is 2.92. The Kier molecular flexibility index (Phi) is 4.04. The van der Waals surface area contributed by atoms with Gasteiger partial charge in [0, 0.05) is 11.6 Å². The maximum Gasteiger partial charge on any atom is 0.251 e. The Bertz CT molecular complexity index is 428. The third-order valence-electron chi connectivity index (χ3n) is 3.17. The topological polar surface area (TPSA) is 76.4 Å². The summed E-state index contributed by atoms with van der Waals surface area (Å²) in [5.74, 6) is 0.466. The number of ether oxygens (including phenoxy) is 1. The molecule has 1 aromatic rings. The Morgan fingerprint density at radius 3 is 2.83 bits per heavy atom. The minimum Gasteiger partial charge on any atom is -0.495 e. The van der Waals surface area contributed by atoms with Gasteiger partial charge in [0.2, 0.25) is 0 Å². The number of piperidine rings is 1. The molecule has 0 unspecified atom stereocenters. The summed E-state index contributed by atoms with van der Waals surface area (Å²) >= 11 is 0. The molecule has 0 radical (unpaired) electrons. The van der Waals surface area contributed by atoms with E-state index >= 15 is 0 Å². The van der Waals surface area contributed by atoms with Crippen molar-refractivity contribution in [2.24, 2.45) is 0 Å². The van der Waals surface area contributed by atoms with Crippen molar-refractivity contribution in [2.45, 2.75) is 18.9 Å². The zero-order chi connectivity index (χ0) is 13.0. The number of hydrogen-bond donors (Lipinski definition) is 3. The fourth-order valence-electron chi connectivity index (χ4n) is 2.09. The molecule has 5 heteroatoms. The van der Waals surface area contributed by atoms with Gasteiger partial charge in [-0.15, -0.1) is 0 Å². The van der Waals surface area contributed by atoms with Gasteiger partial charge in [-0.2, -0.15) is 0 Å². The minimum atomic E-state index is -0.0693. The predicted molar refractivity (Wildman–Crippen MR) is 70.8 cm³/mol. The largest absolute Gasteiger partial charge is 0.495 e. The highest BCUT2D eigenvalue weighted by atomic mass is 16.5. The molecule has 1 saturated heterocycles. The zero-order valence-corrected chi connectivity index (χ0v) is 10.5. The lowest BCUT2D eigenvalue weighted by Crippen LogP contribution is -2.42. The van der Waals surface area contributed by atoms with Gasteiger partial charge in [0.15, 0.2) is 0 Å². The number of methoxy groups -OCH3 is 1. The van der Waals surface area contributed by atoms with Crippen LogP contribution < -0.4 is 21.1 Å². The molecule has 2 rings (SSSR count). The molecule has 0 bridgehead atoms. The molecule has 1 fully saturated rings. The first-order chi connectivity index (χ1) is 8.70. The maximum absolute atomic E-state index is 12.1. The van der Waals surface area contributed by atoms with Gasteiger partial charge in [0.25, 0.3) is 5.91 Å². The smallest absolute Gasteiger partial charge is 0.251 e. The molecule has 1 heterocycles. The van der Waals surface area contributed by atoms with Crippen molar-refractivity contribution in [1.29, 1.82) is 0 Å². The number of carbonyl (C=O) groups excluding carboxylic acids is 1. The van der Waals surface area contributed by atoms with Gasteiger partial charge in [-0.05, 0) is 44.1 Å². The molecule has 5 nitrogen and oxygen atoms in total. The maximum atomic E-state index is 12.1. The number of carbonyl (C=O) groups is 1. The first kappa shape index (κ1) is 12.7. The second-order valence-electron chi connectivity index (χ2n) is 4.45. The molecule has 0 atom stereocenters. The van der Waals surface area contributed by atoms with Crippen molar-refractivity contribution >= 4 is 11.6 Å². The fourth-order valence-corrected chi connectivity index (χ4v) is 2.09. The Morgan fingerprint density at radius 1 is 1.44 bits per heavy atom. The van der Waals surface area contributed by atoms with Crippen molar-refractivity contribution in [1.82, 2.24) is 10.6 Å². The number of benzene rings is 1. The van der Waals surface area contributed by atoms with Crippen LogP contribution in [-0.2, 0) is 0 Å². The molecule has 4 N–H and O–H groups in total. The second kappa shape index (κ2) is 5.73. The SMILES string of the molecule is COc1cc(C(=O)NC2CCNCC2)ccc1N. The molecule has 1 amide bonds. The van der Waals surface area contributed by atoms with E-state index in [1.54, 1.807) is 25.3 Å². The molecule has 0 saturated carbocycles. The monoisotopic (exact) mass is 249 g/mol. The van der Waals surface area contributed by atoms with Crippen LogP contribution in [0.5, 0.6) is 5.75 Å². The van der Waals surface area contributed by atoms with Gasteiger partial charge >= 0.3 is 0 Å². The predicted octanol–water partition coefficient (Wildman–Crippen LogP) is 0.759. The van der Waals surface area contributed by atoms with Gasteiger partial charge < -0.3 is 21.1 Å². The number of nitrogen functional groups attached to an aromatic ring is 1. The Hall–Kier alpha value is -1.75. The van der Waals surface area contributed by atoms with Gasteiger partial charge in [-0.25, -0.2) is 0 Å². The number of amides is 1. The second-order valence-corrected chi connectivity index (χ2v) is 4.45. The molecule has 98 valence electrons. The average Bonchev–Trinajstić information content (AvgIpc) is 2.40. The van der Waals surface area contributed by atoms with Crippen LogP contribution in [0.3, 0.4) is 0 Å². The standard InChI is InChI=1S/C13H19N3O2/c1-18-12-8-9(2-3-11(12)14)13(17)16-10-4-6-15-7-5-10/h2-3,8,10,15H,4-7,14H2,1H3,(H,16,17). The zero-order valence-electron chi connectivity index (χ0n) is 10.5. The van der Waals surface area contributed by atoms with Crippen LogP contribution >= 0.6 is 0 Å². The molecule has 1 aromatic carbocycles. The highest BCUT2D eigenvalue weighted by Crippen LogP contribution is 2.22. The van der Waals surface area contributed by atoms with Crippen molar-refractivity contribution in [3.8, 4) is 5.75 Å². The molecule has 1 aliphatic heterocycles. The highest BCUT2D eigenvalue weighted by molar-refractivity contribution is 5.95. The summed E-state index contributed by atoms with van der Waals surface area (Å²) in [6.07, 6.45) is 1.94. The number of hydrogen-bond acceptors (Lipinski definition) is 4. The summed E-state index contributed by atoms with van der Waals surface area (Å²) in [4.78, 5) is 12.1. The van der Waals surface area contributed by atoms with Gasteiger partial charge in [0.05, 0.1) is 12.8 Å². The van der Waals surface area contributed by atoms with Crippen molar-refractivity contribution < 1.29 is 9.53 Å². The summed E-state index contributed by atoms with van der Waals surface area (Å²) in [6.45, 7) is 1.91. The lowest BCUT2D eigenvalue weighted by molar-refractivity contribution is 0.0929. The summed E-state index contributed by atoms with van der Waals surface area (Å²) in [5, 5.41) is 6.30. The Morgan fingerprint density at radius 2 is 2.17 bits per heavy atom. The first-order valence-electron chi connectivity index (χ1n) is 6.16. The number of nitrogens with two attached hydrogens (primary N) is 1. The van der Waals surface area contributed by atoms with Crippen LogP contribution in [0.25, 0.3) is 0 Å². The van der Waals surface area contributed by atoms with E-state index in [0.717, 1.165) is 25.9 Å². The van der Waals surface area contributed by atoms with Crippen LogP contribution in [0.1, 0.15) is 23.2 Å². The summed E-state index contributed by atoms with van der Waals surface area (Å²) in [6, 6.07) is 5.33. The summed E-state index contributed by atoms with van der Waals surface area (Å²) < 4.78 is 5.11. The van der Waals surface area contributed by atoms with E-state index < -0.39 is 0 Å². The van der Waals surface area contributed by atoms with Crippen molar-refractivity contribution in [2.75, 3.05) is 25.9 Å². The Balaban J connectivity index is 2.03.